The van der Waals surface area contributed by atoms with Crippen LogP contribution in [0.15, 0.2) is 0 Å². The van der Waals surface area contributed by atoms with Crippen molar-refractivity contribution < 1.29 is 29.0 Å². The van der Waals surface area contributed by atoms with Gasteiger partial charge in [0.15, 0.2) is 0 Å². The Morgan fingerprint density at radius 3 is 2.50 bits per heavy atom. The fraction of sp³-hybridized carbons (Fsp3) is 0.897. The number of carbonyl (C=O) groups excluding carboxylic acids is 3. The van der Waals surface area contributed by atoms with Gasteiger partial charge in [-0.3, -0.25) is 14.4 Å². The number of ether oxygens (including phenoxy) is 2. The molecular formula is C29H45BrO6. The minimum absolute atomic E-state index is 0.0614. The van der Waals surface area contributed by atoms with Crippen molar-refractivity contribution in [1.29, 1.82) is 0 Å². The van der Waals surface area contributed by atoms with Gasteiger partial charge in [0.2, 0.25) is 0 Å². The lowest BCUT2D eigenvalue weighted by atomic mass is 9.41. The van der Waals surface area contributed by atoms with Gasteiger partial charge in [-0.1, -0.05) is 43.6 Å². The molecule has 4 saturated carbocycles. The van der Waals surface area contributed by atoms with Gasteiger partial charge in [0.25, 0.3) is 0 Å². The highest BCUT2D eigenvalue weighted by Gasteiger charge is 2.70. The van der Waals surface area contributed by atoms with E-state index in [9.17, 15) is 19.5 Å². The Hall–Kier alpha value is -0.950. The number of carbonyl (C=O) groups is 3. The van der Waals surface area contributed by atoms with Crippen molar-refractivity contribution in [2.45, 2.75) is 103 Å². The first-order valence-corrected chi connectivity index (χ1v) is 14.9. The highest BCUT2D eigenvalue weighted by atomic mass is 79.9. The molecule has 0 aromatic carbocycles. The van der Waals surface area contributed by atoms with E-state index in [1.807, 2.05) is 0 Å². The molecule has 0 aromatic rings. The Kier molecular flexibility index (Phi) is 8.04. The smallest absolute Gasteiger partial charge is 0.305 e. The molecule has 7 heteroatoms. The number of halogens is 1. The summed E-state index contributed by atoms with van der Waals surface area (Å²) in [4.78, 5) is 37.7. The SMILES string of the molecule is CC[C@H]1C(=O)[C@@H]2[C@H](C(O)C(Br)[C@]3(C)[C@@H]([C@H](C)CCC(=O)OC)CC[C@@H]23)[C@@]2(C)CC[C@@H](OC(C)=O)C[C@@H]12. The molecule has 2 unspecified atom stereocenters. The van der Waals surface area contributed by atoms with Gasteiger partial charge in [0.05, 0.1) is 13.2 Å². The van der Waals surface area contributed by atoms with E-state index in [0.29, 0.717) is 30.5 Å². The molecule has 4 aliphatic rings. The highest BCUT2D eigenvalue weighted by Crippen LogP contribution is 2.70. The van der Waals surface area contributed by atoms with E-state index < -0.39 is 6.10 Å². The van der Waals surface area contributed by atoms with Gasteiger partial charge in [-0.25, -0.2) is 0 Å². The fourth-order valence-electron chi connectivity index (χ4n) is 9.60. The maximum absolute atomic E-state index is 14.3. The minimum Gasteiger partial charge on any atom is -0.469 e. The second kappa shape index (κ2) is 10.3. The van der Waals surface area contributed by atoms with E-state index in [4.69, 9.17) is 9.47 Å². The molecule has 0 aliphatic heterocycles. The molecule has 4 fully saturated rings. The van der Waals surface area contributed by atoms with Crippen molar-refractivity contribution >= 4 is 33.7 Å². The van der Waals surface area contributed by atoms with Crippen LogP contribution in [0.3, 0.4) is 0 Å². The maximum Gasteiger partial charge on any atom is 0.305 e. The molecule has 1 N–H and O–H groups in total. The first-order valence-electron chi connectivity index (χ1n) is 14.0. The van der Waals surface area contributed by atoms with Gasteiger partial charge in [-0.15, -0.1) is 0 Å². The lowest BCUT2D eigenvalue weighted by Crippen LogP contribution is -2.68. The molecule has 204 valence electrons. The number of hydrogen-bond acceptors (Lipinski definition) is 6. The van der Waals surface area contributed by atoms with Crippen molar-refractivity contribution in [2.75, 3.05) is 7.11 Å². The van der Waals surface area contributed by atoms with Crippen LogP contribution in [0.2, 0.25) is 0 Å². The number of alkyl halides is 1. The lowest BCUT2D eigenvalue weighted by molar-refractivity contribution is -0.197. The third kappa shape index (κ3) is 4.28. The first kappa shape index (κ1) is 28.1. The van der Waals surface area contributed by atoms with Crippen LogP contribution >= 0.6 is 15.9 Å². The monoisotopic (exact) mass is 568 g/mol. The molecule has 0 spiro atoms. The Morgan fingerprint density at radius 2 is 1.89 bits per heavy atom. The minimum atomic E-state index is -0.621. The van der Waals surface area contributed by atoms with E-state index >= 15 is 0 Å². The number of esters is 2. The largest absolute Gasteiger partial charge is 0.469 e. The van der Waals surface area contributed by atoms with Crippen molar-refractivity contribution in [3.63, 3.8) is 0 Å². The van der Waals surface area contributed by atoms with Gasteiger partial charge >= 0.3 is 11.9 Å². The normalized spacial score (nSPS) is 46.8. The Bertz CT molecular complexity index is 876. The predicted molar refractivity (Wildman–Crippen MR) is 140 cm³/mol. The Labute approximate surface area is 224 Å². The number of ketones is 1. The molecule has 4 rings (SSSR count). The van der Waals surface area contributed by atoms with Gasteiger partial charge in [0.1, 0.15) is 11.9 Å². The second-order valence-corrected chi connectivity index (χ2v) is 13.7. The van der Waals surface area contributed by atoms with E-state index in [1.54, 1.807) is 0 Å². The van der Waals surface area contributed by atoms with Crippen molar-refractivity contribution in [1.82, 2.24) is 0 Å². The summed E-state index contributed by atoms with van der Waals surface area (Å²) < 4.78 is 10.5. The molecule has 0 aromatic heterocycles. The van der Waals surface area contributed by atoms with E-state index in [0.717, 1.165) is 38.5 Å². The molecule has 0 bridgehead atoms. The summed E-state index contributed by atoms with van der Waals surface area (Å²) in [6.45, 7) is 10.4. The van der Waals surface area contributed by atoms with Crippen LogP contribution < -0.4 is 0 Å². The van der Waals surface area contributed by atoms with Crippen LogP contribution in [0.4, 0.5) is 0 Å². The van der Waals surface area contributed by atoms with E-state index in [2.05, 4.69) is 43.6 Å². The van der Waals surface area contributed by atoms with Crippen LogP contribution in [0, 0.1) is 52.3 Å². The fourth-order valence-corrected chi connectivity index (χ4v) is 10.6. The topological polar surface area (TPSA) is 89.9 Å². The summed E-state index contributed by atoms with van der Waals surface area (Å²) in [5, 5.41) is 12.0. The van der Waals surface area contributed by atoms with Crippen LogP contribution in [-0.4, -0.2) is 47.0 Å². The number of fused-ring (bicyclic) bond motifs is 5. The van der Waals surface area contributed by atoms with Gasteiger partial charge in [0, 0.05) is 35.9 Å². The summed E-state index contributed by atoms with van der Waals surface area (Å²) in [5.74, 6) is 0.531. The van der Waals surface area contributed by atoms with Gasteiger partial charge in [-0.2, -0.15) is 0 Å². The standard InChI is InChI=1S/C29H45BrO6/c1-7-18-21-14-17(36-16(3)31)12-13-28(21,4)24-23(25(18)33)20-10-9-19(15(2)8-11-22(32)35-6)29(20,5)27(30)26(24)34/h15,17-21,23-24,26-27,34H,7-14H2,1-6H3/t15-,17-,18-,19-,20+,21+,23+,24-,26?,27?,28+,29-/m1/s1. The lowest BCUT2D eigenvalue weighted by Gasteiger charge is -2.65. The molecule has 4 aliphatic carbocycles. The molecule has 12 atom stereocenters. The first-order chi connectivity index (χ1) is 16.9. The van der Waals surface area contributed by atoms with Gasteiger partial charge < -0.3 is 14.6 Å². The van der Waals surface area contributed by atoms with Crippen molar-refractivity contribution in [2.24, 2.45) is 52.3 Å². The molecule has 0 amide bonds. The maximum atomic E-state index is 14.3. The number of aliphatic hydroxyl groups excluding tert-OH is 1. The quantitative estimate of drug-likeness (QED) is 0.344. The van der Waals surface area contributed by atoms with Crippen molar-refractivity contribution in [3.8, 4) is 0 Å². The number of Topliss-reactive ketones (excluding diaryl/α,β-unsaturated/α-hetero) is 1. The average Bonchev–Trinajstić information content (AvgIpc) is 3.19. The summed E-state index contributed by atoms with van der Waals surface area (Å²) in [7, 11) is 1.43. The van der Waals surface area contributed by atoms with Crippen LogP contribution in [0.1, 0.15) is 86.0 Å². The summed E-state index contributed by atoms with van der Waals surface area (Å²) in [5.41, 5.74) is -0.389. The summed E-state index contributed by atoms with van der Waals surface area (Å²) in [6.07, 6.45) is 5.53. The Morgan fingerprint density at radius 1 is 1.19 bits per heavy atom. The highest BCUT2D eigenvalue weighted by molar-refractivity contribution is 9.09. The summed E-state index contributed by atoms with van der Waals surface area (Å²) >= 11 is 4.00. The summed E-state index contributed by atoms with van der Waals surface area (Å²) in [6, 6.07) is 0. The number of methoxy groups -OCH3 is 1. The number of aliphatic hydroxyl groups is 1. The third-order valence-corrected chi connectivity index (χ3v) is 12.8. The number of rotatable bonds is 6. The van der Waals surface area contributed by atoms with E-state index in [1.165, 1.54) is 14.0 Å². The molecule has 0 radical (unpaired) electrons. The zero-order valence-electron chi connectivity index (χ0n) is 22.8. The predicted octanol–water partition coefficient (Wildman–Crippen LogP) is 5.33. The molecule has 0 heterocycles. The third-order valence-electron chi connectivity index (χ3n) is 11.3. The zero-order valence-corrected chi connectivity index (χ0v) is 24.4. The van der Waals surface area contributed by atoms with Crippen LogP contribution in [0.25, 0.3) is 0 Å². The zero-order chi connectivity index (χ0) is 26.6. The van der Waals surface area contributed by atoms with Crippen molar-refractivity contribution in [3.05, 3.63) is 0 Å². The molecule has 0 saturated heterocycles. The second-order valence-electron chi connectivity index (χ2n) is 12.7. The number of hydrogen-bond donors (Lipinski definition) is 1. The van der Waals surface area contributed by atoms with Gasteiger partial charge in [-0.05, 0) is 79.4 Å². The van der Waals surface area contributed by atoms with E-state index in [-0.39, 0.29) is 63.3 Å². The molecule has 36 heavy (non-hydrogen) atoms. The molecule has 6 nitrogen and oxygen atoms in total. The Balaban J connectivity index is 1.67. The van der Waals surface area contributed by atoms with Crippen LogP contribution in [0.5, 0.6) is 0 Å². The van der Waals surface area contributed by atoms with Crippen LogP contribution in [-0.2, 0) is 23.9 Å². The molecular weight excluding hydrogens is 524 g/mol. The average molecular weight is 570 g/mol.